The van der Waals surface area contributed by atoms with Crippen LogP contribution in [0.4, 0.5) is 0 Å². The lowest BCUT2D eigenvalue weighted by atomic mass is 10.2. The second-order valence-corrected chi connectivity index (χ2v) is 4.07. The number of aromatic amines is 1. The lowest BCUT2D eigenvalue weighted by Gasteiger charge is -1.98. The molecule has 6 heteroatoms. The molecular formula is C14H10N4O2. The number of methoxy groups -OCH3 is 1. The maximum absolute atomic E-state index is 8.77. The number of ether oxygens (including phenoxy) is 1. The van der Waals surface area contributed by atoms with Crippen LogP contribution in [-0.2, 0) is 0 Å². The standard InChI is InChI=1S/C14H10N4O2/c1-19-12-4-2-9(3-5-12)13-17-14(20-18-13)10-6-11(7-15)16-8-10/h2-6,8,16H,1H3. The van der Waals surface area contributed by atoms with Crippen LogP contribution in [0, 0.1) is 11.3 Å². The molecule has 0 fully saturated rings. The molecule has 0 unspecified atom stereocenters. The van der Waals surface area contributed by atoms with Crippen molar-refractivity contribution in [1.29, 1.82) is 5.26 Å². The molecule has 3 rings (SSSR count). The minimum absolute atomic E-state index is 0.369. The highest BCUT2D eigenvalue weighted by atomic mass is 16.5. The molecule has 0 saturated carbocycles. The van der Waals surface area contributed by atoms with E-state index in [9.17, 15) is 0 Å². The SMILES string of the molecule is COc1ccc(-c2noc(-c3c[nH]c(C#N)c3)n2)cc1. The summed E-state index contributed by atoms with van der Waals surface area (Å²) < 4.78 is 10.3. The second-order valence-electron chi connectivity index (χ2n) is 4.07. The average molecular weight is 266 g/mol. The fourth-order valence-electron chi connectivity index (χ4n) is 1.78. The number of hydrogen-bond donors (Lipinski definition) is 1. The molecule has 2 aromatic heterocycles. The van der Waals surface area contributed by atoms with Crippen molar-refractivity contribution >= 4 is 0 Å². The van der Waals surface area contributed by atoms with Crippen LogP contribution in [0.25, 0.3) is 22.8 Å². The Labute approximate surface area is 114 Å². The lowest BCUT2D eigenvalue weighted by molar-refractivity contribution is 0.415. The highest BCUT2D eigenvalue weighted by Crippen LogP contribution is 2.24. The summed E-state index contributed by atoms with van der Waals surface area (Å²) in [7, 11) is 1.61. The third-order valence-electron chi connectivity index (χ3n) is 2.82. The molecule has 0 atom stereocenters. The minimum atomic E-state index is 0.369. The Bertz CT molecular complexity index is 765. The minimum Gasteiger partial charge on any atom is -0.497 e. The van der Waals surface area contributed by atoms with Crippen LogP contribution in [0.2, 0.25) is 0 Å². The summed E-state index contributed by atoms with van der Waals surface area (Å²) in [4.78, 5) is 7.12. The van der Waals surface area contributed by atoms with Gasteiger partial charge < -0.3 is 14.2 Å². The first-order valence-electron chi connectivity index (χ1n) is 5.87. The maximum Gasteiger partial charge on any atom is 0.259 e. The van der Waals surface area contributed by atoms with E-state index in [1.807, 2.05) is 30.3 Å². The van der Waals surface area contributed by atoms with Crippen LogP contribution in [-0.4, -0.2) is 22.2 Å². The Morgan fingerprint density at radius 2 is 2.05 bits per heavy atom. The van der Waals surface area contributed by atoms with E-state index in [4.69, 9.17) is 14.5 Å². The van der Waals surface area contributed by atoms with Gasteiger partial charge in [0.25, 0.3) is 5.89 Å². The van der Waals surface area contributed by atoms with Gasteiger partial charge in [-0.1, -0.05) is 5.16 Å². The summed E-state index contributed by atoms with van der Waals surface area (Å²) in [6.45, 7) is 0. The van der Waals surface area contributed by atoms with Gasteiger partial charge >= 0.3 is 0 Å². The van der Waals surface area contributed by atoms with Crippen molar-refractivity contribution in [2.45, 2.75) is 0 Å². The smallest absolute Gasteiger partial charge is 0.259 e. The molecule has 1 aromatic carbocycles. The van der Waals surface area contributed by atoms with E-state index in [-0.39, 0.29) is 0 Å². The van der Waals surface area contributed by atoms with Crippen LogP contribution in [0.15, 0.2) is 41.1 Å². The van der Waals surface area contributed by atoms with Gasteiger partial charge in [-0.2, -0.15) is 10.2 Å². The predicted octanol–water partition coefficient (Wildman–Crippen LogP) is 2.61. The quantitative estimate of drug-likeness (QED) is 0.787. The monoisotopic (exact) mass is 266 g/mol. The van der Waals surface area contributed by atoms with E-state index in [1.165, 1.54) is 0 Å². The van der Waals surface area contributed by atoms with Crippen molar-refractivity contribution < 1.29 is 9.26 Å². The summed E-state index contributed by atoms with van der Waals surface area (Å²) >= 11 is 0. The van der Waals surface area contributed by atoms with Gasteiger partial charge in [0.15, 0.2) is 0 Å². The second kappa shape index (κ2) is 4.90. The first kappa shape index (κ1) is 12.0. The molecule has 0 aliphatic carbocycles. The molecule has 6 nitrogen and oxygen atoms in total. The highest BCUT2D eigenvalue weighted by Gasteiger charge is 2.12. The average Bonchev–Trinajstić information content (AvgIpc) is 3.16. The van der Waals surface area contributed by atoms with Gasteiger partial charge in [-0.25, -0.2) is 0 Å². The van der Waals surface area contributed by atoms with E-state index in [0.717, 1.165) is 11.3 Å². The zero-order valence-corrected chi connectivity index (χ0v) is 10.6. The van der Waals surface area contributed by atoms with E-state index in [0.29, 0.717) is 23.0 Å². The number of nitrogens with one attached hydrogen (secondary N) is 1. The molecule has 0 aliphatic heterocycles. The molecule has 0 saturated heterocycles. The van der Waals surface area contributed by atoms with Crippen LogP contribution in [0.3, 0.4) is 0 Å². The van der Waals surface area contributed by atoms with Gasteiger partial charge in [-0.15, -0.1) is 0 Å². The summed E-state index contributed by atoms with van der Waals surface area (Å²) in [6, 6.07) is 11.0. The topological polar surface area (TPSA) is 87.7 Å². The molecule has 0 spiro atoms. The van der Waals surface area contributed by atoms with Gasteiger partial charge in [0, 0.05) is 11.8 Å². The number of benzene rings is 1. The number of aromatic nitrogens is 3. The molecule has 1 N–H and O–H groups in total. The molecule has 20 heavy (non-hydrogen) atoms. The Hall–Kier alpha value is -3.07. The van der Waals surface area contributed by atoms with E-state index in [1.54, 1.807) is 19.4 Å². The van der Waals surface area contributed by atoms with Crippen LogP contribution in [0.1, 0.15) is 5.69 Å². The molecule has 0 radical (unpaired) electrons. The first-order chi connectivity index (χ1) is 9.80. The van der Waals surface area contributed by atoms with Gasteiger partial charge in [0.05, 0.1) is 12.7 Å². The molecule has 0 bridgehead atoms. The van der Waals surface area contributed by atoms with Gasteiger partial charge in [0.2, 0.25) is 5.82 Å². The predicted molar refractivity (Wildman–Crippen MR) is 70.8 cm³/mol. The summed E-state index contributed by atoms with van der Waals surface area (Å²) in [6.07, 6.45) is 1.66. The van der Waals surface area contributed by atoms with Gasteiger partial charge in [0.1, 0.15) is 17.5 Å². The van der Waals surface area contributed by atoms with E-state index < -0.39 is 0 Å². The number of H-pyrrole nitrogens is 1. The fourth-order valence-corrected chi connectivity index (χ4v) is 1.78. The van der Waals surface area contributed by atoms with Crippen molar-refractivity contribution in [2.24, 2.45) is 0 Å². The third-order valence-corrected chi connectivity index (χ3v) is 2.82. The molecule has 3 aromatic rings. The van der Waals surface area contributed by atoms with Crippen LogP contribution in [0.5, 0.6) is 5.75 Å². The lowest BCUT2D eigenvalue weighted by Crippen LogP contribution is -1.84. The maximum atomic E-state index is 8.77. The summed E-state index contributed by atoms with van der Waals surface area (Å²) in [5.41, 5.74) is 1.97. The first-order valence-corrected chi connectivity index (χ1v) is 5.87. The number of nitrogens with zero attached hydrogens (tertiary/aromatic N) is 3. The van der Waals surface area contributed by atoms with Crippen molar-refractivity contribution in [3.8, 4) is 34.7 Å². The molecular weight excluding hydrogens is 256 g/mol. The molecule has 98 valence electrons. The Morgan fingerprint density at radius 1 is 1.25 bits per heavy atom. The number of nitriles is 1. The Morgan fingerprint density at radius 3 is 2.70 bits per heavy atom. The zero-order chi connectivity index (χ0) is 13.9. The number of rotatable bonds is 3. The molecule has 2 heterocycles. The fraction of sp³-hybridized carbons (Fsp3) is 0.0714. The summed E-state index contributed by atoms with van der Waals surface area (Å²) in [5, 5.41) is 12.7. The highest BCUT2D eigenvalue weighted by molar-refractivity contribution is 5.61. The molecule has 0 aliphatic rings. The molecule has 0 amide bonds. The Kier molecular flexibility index (Phi) is 2.94. The van der Waals surface area contributed by atoms with Crippen molar-refractivity contribution in [3.05, 3.63) is 42.2 Å². The van der Waals surface area contributed by atoms with Crippen LogP contribution >= 0.6 is 0 Å². The van der Waals surface area contributed by atoms with Gasteiger partial charge in [-0.3, -0.25) is 0 Å². The number of hydrogen-bond acceptors (Lipinski definition) is 5. The van der Waals surface area contributed by atoms with E-state index in [2.05, 4.69) is 15.1 Å². The van der Waals surface area contributed by atoms with Crippen LogP contribution < -0.4 is 4.74 Å². The Balaban J connectivity index is 1.91. The normalized spacial score (nSPS) is 10.2. The van der Waals surface area contributed by atoms with Crippen molar-refractivity contribution in [2.75, 3.05) is 7.11 Å². The largest absolute Gasteiger partial charge is 0.497 e. The third kappa shape index (κ3) is 2.12. The van der Waals surface area contributed by atoms with Crippen molar-refractivity contribution in [3.63, 3.8) is 0 Å². The van der Waals surface area contributed by atoms with E-state index >= 15 is 0 Å². The van der Waals surface area contributed by atoms with Gasteiger partial charge in [-0.05, 0) is 30.3 Å². The summed E-state index contributed by atoms with van der Waals surface area (Å²) in [5.74, 6) is 1.62. The van der Waals surface area contributed by atoms with Crippen molar-refractivity contribution in [1.82, 2.24) is 15.1 Å². The zero-order valence-electron chi connectivity index (χ0n) is 10.6.